The minimum atomic E-state index is -0.00153. The lowest BCUT2D eigenvalue weighted by Crippen LogP contribution is -2.33. The highest BCUT2D eigenvalue weighted by molar-refractivity contribution is 5.80. The van der Waals surface area contributed by atoms with Crippen molar-refractivity contribution in [2.75, 3.05) is 6.54 Å². The largest absolute Gasteiger partial charge is 0.361 e. The monoisotopic (exact) mass is 379 g/mol. The van der Waals surface area contributed by atoms with Crippen LogP contribution in [-0.2, 0) is 17.8 Å². The number of aryl methyl sites for hydroxylation is 3. The first-order chi connectivity index (χ1) is 13.5. The van der Waals surface area contributed by atoms with Crippen molar-refractivity contribution in [2.45, 2.75) is 52.6 Å². The van der Waals surface area contributed by atoms with Gasteiger partial charge in [-0.2, -0.15) is 0 Å². The minimum Gasteiger partial charge on any atom is -0.361 e. The lowest BCUT2D eigenvalue weighted by molar-refractivity contribution is -0.131. The highest BCUT2D eigenvalue weighted by atomic mass is 16.5. The van der Waals surface area contributed by atoms with Gasteiger partial charge >= 0.3 is 0 Å². The quantitative estimate of drug-likeness (QED) is 0.681. The van der Waals surface area contributed by atoms with E-state index in [2.05, 4.69) is 32.7 Å². The second kappa shape index (κ2) is 7.58. The predicted molar refractivity (Wildman–Crippen MR) is 104 cm³/mol. The van der Waals surface area contributed by atoms with Gasteiger partial charge in [0, 0.05) is 36.4 Å². The van der Waals surface area contributed by atoms with Gasteiger partial charge < -0.3 is 14.0 Å². The Bertz CT molecular complexity index is 957. The van der Waals surface area contributed by atoms with Crippen LogP contribution in [-0.4, -0.2) is 37.0 Å². The summed E-state index contributed by atoms with van der Waals surface area (Å²) >= 11 is 0. The molecule has 0 saturated carbocycles. The first-order valence-corrected chi connectivity index (χ1v) is 9.66. The Morgan fingerprint density at radius 1 is 1.29 bits per heavy atom. The number of carbonyl (C=O) groups excluding carboxylic acids is 1. The van der Waals surface area contributed by atoms with Crippen LogP contribution < -0.4 is 0 Å². The number of aromatic nitrogens is 4. The zero-order valence-electron chi connectivity index (χ0n) is 16.6. The van der Waals surface area contributed by atoms with Crippen molar-refractivity contribution in [1.29, 1.82) is 0 Å². The number of amides is 1. The summed E-state index contributed by atoms with van der Waals surface area (Å²) in [4.78, 5) is 23.9. The molecular weight excluding hydrogens is 354 g/mol. The Kier molecular flexibility index (Phi) is 4.98. The van der Waals surface area contributed by atoms with E-state index >= 15 is 0 Å². The molecule has 0 aromatic carbocycles. The highest BCUT2D eigenvalue weighted by Gasteiger charge is 2.34. The van der Waals surface area contributed by atoms with Gasteiger partial charge in [0.15, 0.2) is 0 Å². The standard InChI is InChI=1S/C21H25N5O2/c1-14-11-23-21(26(14)13-17-6-4-8-22-12-17)19-7-5-9-25(19)20(27)10-18-15(2)24-28-16(18)3/h4,6,8,11-12,19H,5,7,9-10,13H2,1-3H3. The molecule has 146 valence electrons. The maximum absolute atomic E-state index is 13.1. The molecule has 4 rings (SSSR count). The second-order valence-corrected chi connectivity index (χ2v) is 7.43. The van der Waals surface area contributed by atoms with E-state index in [1.807, 2.05) is 37.2 Å². The lowest BCUT2D eigenvalue weighted by atomic mass is 10.1. The molecule has 1 fully saturated rings. The highest BCUT2D eigenvalue weighted by Crippen LogP contribution is 2.33. The van der Waals surface area contributed by atoms with Crippen molar-refractivity contribution in [3.63, 3.8) is 0 Å². The summed E-state index contributed by atoms with van der Waals surface area (Å²) in [7, 11) is 0. The third-order valence-electron chi connectivity index (χ3n) is 5.53. The van der Waals surface area contributed by atoms with E-state index in [0.29, 0.717) is 13.0 Å². The SMILES string of the molecule is Cc1noc(C)c1CC(=O)N1CCCC1c1ncc(C)n1Cc1cccnc1. The molecule has 1 aliphatic rings. The first-order valence-electron chi connectivity index (χ1n) is 9.66. The third-order valence-corrected chi connectivity index (χ3v) is 5.53. The fraction of sp³-hybridized carbons (Fsp3) is 0.429. The smallest absolute Gasteiger partial charge is 0.227 e. The van der Waals surface area contributed by atoms with Gasteiger partial charge in [0.25, 0.3) is 0 Å². The fourth-order valence-corrected chi connectivity index (χ4v) is 3.97. The van der Waals surface area contributed by atoms with Gasteiger partial charge in [0.1, 0.15) is 11.6 Å². The summed E-state index contributed by atoms with van der Waals surface area (Å²) in [6.45, 7) is 7.25. The number of hydrogen-bond donors (Lipinski definition) is 0. The number of likely N-dealkylation sites (tertiary alicyclic amines) is 1. The molecule has 7 nitrogen and oxygen atoms in total. The third kappa shape index (κ3) is 3.44. The molecule has 4 heterocycles. The molecule has 7 heteroatoms. The van der Waals surface area contributed by atoms with Crippen LogP contribution in [0.4, 0.5) is 0 Å². The summed E-state index contributed by atoms with van der Waals surface area (Å²) in [5, 5.41) is 3.97. The van der Waals surface area contributed by atoms with Crippen LogP contribution in [0.15, 0.2) is 35.2 Å². The van der Waals surface area contributed by atoms with Crippen molar-refractivity contribution in [3.8, 4) is 0 Å². The molecule has 1 amide bonds. The fourth-order valence-electron chi connectivity index (χ4n) is 3.97. The van der Waals surface area contributed by atoms with E-state index in [9.17, 15) is 4.79 Å². The van der Waals surface area contributed by atoms with Gasteiger partial charge in [-0.3, -0.25) is 9.78 Å². The molecule has 3 aromatic heterocycles. The number of carbonyl (C=O) groups is 1. The molecule has 0 spiro atoms. The molecule has 1 saturated heterocycles. The van der Waals surface area contributed by atoms with Crippen LogP contribution >= 0.6 is 0 Å². The van der Waals surface area contributed by atoms with Gasteiger partial charge in [-0.15, -0.1) is 0 Å². The number of rotatable bonds is 5. The number of hydrogen-bond acceptors (Lipinski definition) is 5. The second-order valence-electron chi connectivity index (χ2n) is 7.43. The van der Waals surface area contributed by atoms with Crippen molar-refractivity contribution in [1.82, 2.24) is 24.6 Å². The summed E-state index contributed by atoms with van der Waals surface area (Å²) in [6, 6.07) is 4.00. The van der Waals surface area contributed by atoms with Crippen LogP contribution in [0, 0.1) is 20.8 Å². The lowest BCUT2D eigenvalue weighted by Gasteiger charge is -2.25. The number of imidazole rings is 1. The first kappa shape index (κ1) is 18.4. The average Bonchev–Trinajstić information content (AvgIpc) is 3.39. The van der Waals surface area contributed by atoms with Crippen molar-refractivity contribution in [3.05, 3.63) is 64.8 Å². The summed E-state index contributed by atoms with van der Waals surface area (Å²) in [6.07, 6.45) is 7.77. The van der Waals surface area contributed by atoms with Gasteiger partial charge in [0.2, 0.25) is 5.91 Å². The summed E-state index contributed by atoms with van der Waals surface area (Å²) < 4.78 is 7.41. The minimum absolute atomic E-state index is 0.00153. The van der Waals surface area contributed by atoms with Gasteiger partial charge in [-0.1, -0.05) is 11.2 Å². The molecule has 1 aliphatic heterocycles. The molecule has 0 radical (unpaired) electrons. The average molecular weight is 379 g/mol. The number of pyridine rings is 1. The molecular formula is C21H25N5O2. The summed E-state index contributed by atoms with van der Waals surface area (Å²) in [5.41, 5.74) is 3.89. The molecule has 3 aromatic rings. The van der Waals surface area contributed by atoms with E-state index < -0.39 is 0 Å². The van der Waals surface area contributed by atoms with E-state index in [1.54, 1.807) is 6.20 Å². The normalized spacial score (nSPS) is 16.7. The number of nitrogens with zero attached hydrogens (tertiary/aromatic N) is 5. The predicted octanol–water partition coefficient (Wildman–Crippen LogP) is 3.15. The molecule has 0 bridgehead atoms. The van der Waals surface area contributed by atoms with Gasteiger partial charge in [0.05, 0.1) is 24.7 Å². The Labute approximate surface area is 164 Å². The zero-order chi connectivity index (χ0) is 19.7. The summed E-state index contributed by atoms with van der Waals surface area (Å²) in [5.74, 6) is 1.77. The Balaban J connectivity index is 1.58. The maximum atomic E-state index is 13.1. The molecule has 0 aliphatic carbocycles. The maximum Gasteiger partial charge on any atom is 0.227 e. The van der Waals surface area contributed by atoms with Crippen LogP contribution in [0.1, 0.15) is 53.0 Å². The van der Waals surface area contributed by atoms with E-state index in [-0.39, 0.29) is 11.9 Å². The van der Waals surface area contributed by atoms with Gasteiger partial charge in [-0.05, 0) is 45.2 Å². The molecule has 1 atom stereocenters. The van der Waals surface area contributed by atoms with Crippen LogP contribution in [0.2, 0.25) is 0 Å². The van der Waals surface area contributed by atoms with E-state index in [1.165, 1.54) is 0 Å². The molecule has 0 N–H and O–H groups in total. The van der Waals surface area contributed by atoms with Crippen LogP contribution in [0.3, 0.4) is 0 Å². The Hall–Kier alpha value is -2.96. The van der Waals surface area contributed by atoms with Crippen molar-refractivity contribution < 1.29 is 9.32 Å². The zero-order valence-corrected chi connectivity index (χ0v) is 16.6. The van der Waals surface area contributed by atoms with Crippen LogP contribution in [0.5, 0.6) is 0 Å². The topological polar surface area (TPSA) is 77.0 Å². The van der Waals surface area contributed by atoms with Crippen molar-refractivity contribution in [2.24, 2.45) is 0 Å². The van der Waals surface area contributed by atoms with Gasteiger partial charge in [-0.25, -0.2) is 4.98 Å². The van der Waals surface area contributed by atoms with Crippen molar-refractivity contribution >= 4 is 5.91 Å². The molecule has 1 unspecified atom stereocenters. The van der Waals surface area contributed by atoms with Crippen LogP contribution in [0.25, 0.3) is 0 Å². The Morgan fingerprint density at radius 3 is 2.86 bits per heavy atom. The Morgan fingerprint density at radius 2 is 2.14 bits per heavy atom. The van der Waals surface area contributed by atoms with E-state index in [4.69, 9.17) is 4.52 Å². The van der Waals surface area contributed by atoms with E-state index in [0.717, 1.165) is 53.5 Å². The molecule has 28 heavy (non-hydrogen) atoms.